The number of amides is 2. The zero-order valence-electron chi connectivity index (χ0n) is 9.37. The summed E-state index contributed by atoms with van der Waals surface area (Å²) in [6.07, 6.45) is 4.33. The lowest BCUT2D eigenvalue weighted by Gasteiger charge is -2.31. The number of hydrogen-bond acceptors (Lipinski definition) is 2. The van der Waals surface area contributed by atoms with Crippen LogP contribution in [0.5, 0.6) is 0 Å². The summed E-state index contributed by atoms with van der Waals surface area (Å²) in [4.78, 5) is 13.7. The van der Waals surface area contributed by atoms with E-state index in [0.29, 0.717) is 5.92 Å². The molecule has 0 bridgehead atoms. The van der Waals surface area contributed by atoms with Gasteiger partial charge < -0.3 is 15.0 Å². The second-order valence-electron chi connectivity index (χ2n) is 4.64. The molecule has 2 aliphatic heterocycles. The topological polar surface area (TPSA) is 41.6 Å². The lowest BCUT2D eigenvalue weighted by atomic mass is 10.0. The fourth-order valence-electron chi connectivity index (χ4n) is 2.29. The molecule has 86 valence electrons. The van der Waals surface area contributed by atoms with Crippen LogP contribution in [0.25, 0.3) is 0 Å². The highest BCUT2D eigenvalue weighted by molar-refractivity contribution is 5.74. The normalized spacial score (nSPS) is 31.7. The quantitative estimate of drug-likeness (QED) is 0.716. The first-order chi connectivity index (χ1) is 7.25. The first kappa shape index (κ1) is 10.7. The third kappa shape index (κ3) is 2.84. The Balaban J connectivity index is 1.78. The van der Waals surface area contributed by atoms with Crippen molar-refractivity contribution in [2.45, 2.75) is 38.8 Å². The van der Waals surface area contributed by atoms with Crippen molar-refractivity contribution >= 4 is 6.03 Å². The number of carbonyl (C=O) groups excluding carboxylic acids is 1. The van der Waals surface area contributed by atoms with E-state index in [4.69, 9.17) is 4.74 Å². The third-order valence-corrected chi connectivity index (χ3v) is 3.16. The van der Waals surface area contributed by atoms with Crippen LogP contribution >= 0.6 is 0 Å². The van der Waals surface area contributed by atoms with E-state index in [-0.39, 0.29) is 12.3 Å². The Morgan fingerprint density at radius 1 is 1.40 bits per heavy atom. The Bertz CT molecular complexity index is 227. The molecule has 2 aliphatic rings. The maximum absolute atomic E-state index is 11.8. The number of urea groups is 1. The van der Waals surface area contributed by atoms with Crippen molar-refractivity contribution in [3.63, 3.8) is 0 Å². The fraction of sp³-hybridized carbons (Fsp3) is 0.909. The molecular weight excluding hydrogens is 192 g/mol. The molecule has 2 fully saturated rings. The largest absolute Gasteiger partial charge is 0.358 e. The van der Waals surface area contributed by atoms with Crippen LogP contribution in [0.2, 0.25) is 0 Å². The van der Waals surface area contributed by atoms with E-state index in [1.54, 1.807) is 0 Å². The van der Waals surface area contributed by atoms with Gasteiger partial charge in [-0.15, -0.1) is 0 Å². The highest BCUT2D eigenvalue weighted by atomic mass is 16.5. The molecule has 0 saturated carbocycles. The summed E-state index contributed by atoms with van der Waals surface area (Å²) in [5, 5.41) is 2.93. The predicted molar refractivity (Wildman–Crippen MR) is 57.5 cm³/mol. The van der Waals surface area contributed by atoms with Crippen LogP contribution in [0.3, 0.4) is 0 Å². The number of piperidine rings is 1. The first-order valence-corrected chi connectivity index (χ1v) is 5.93. The molecule has 0 aromatic carbocycles. The van der Waals surface area contributed by atoms with Crippen molar-refractivity contribution in [1.82, 2.24) is 10.2 Å². The van der Waals surface area contributed by atoms with Gasteiger partial charge in [-0.25, -0.2) is 4.79 Å². The number of rotatable bonds is 1. The van der Waals surface area contributed by atoms with Crippen molar-refractivity contribution in [3.05, 3.63) is 0 Å². The fourth-order valence-corrected chi connectivity index (χ4v) is 2.29. The lowest BCUT2D eigenvalue weighted by Crippen LogP contribution is -2.48. The SMILES string of the molecule is CC1CCCN(C(=O)NC2CCCO2)C1. The molecule has 2 atom stereocenters. The maximum Gasteiger partial charge on any atom is 0.319 e. The summed E-state index contributed by atoms with van der Waals surface area (Å²) in [7, 11) is 0. The Labute approximate surface area is 91.0 Å². The molecule has 0 radical (unpaired) electrons. The van der Waals surface area contributed by atoms with Gasteiger partial charge in [0.2, 0.25) is 0 Å². The van der Waals surface area contributed by atoms with Crippen LogP contribution in [0.4, 0.5) is 4.79 Å². The van der Waals surface area contributed by atoms with E-state index >= 15 is 0 Å². The summed E-state index contributed by atoms with van der Waals surface area (Å²) in [5.41, 5.74) is 0. The molecule has 1 N–H and O–H groups in total. The average Bonchev–Trinajstić information content (AvgIpc) is 2.70. The smallest absolute Gasteiger partial charge is 0.319 e. The van der Waals surface area contributed by atoms with Crippen molar-refractivity contribution in [2.24, 2.45) is 5.92 Å². The van der Waals surface area contributed by atoms with E-state index in [1.165, 1.54) is 6.42 Å². The zero-order valence-corrected chi connectivity index (χ0v) is 9.37. The molecule has 0 aromatic rings. The highest BCUT2D eigenvalue weighted by Crippen LogP contribution is 2.16. The molecule has 4 nitrogen and oxygen atoms in total. The second kappa shape index (κ2) is 4.84. The van der Waals surface area contributed by atoms with Crippen LogP contribution < -0.4 is 5.32 Å². The molecule has 4 heteroatoms. The van der Waals surface area contributed by atoms with Gasteiger partial charge in [0, 0.05) is 19.7 Å². The van der Waals surface area contributed by atoms with Gasteiger partial charge in [0.15, 0.2) is 0 Å². The predicted octanol–water partition coefficient (Wildman–Crippen LogP) is 1.56. The van der Waals surface area contributed by atoms with Gasteiger partial charge in [0.25, 0.3) is 0 Å². The van der Waals surface area contributed by atoms with Crippen molar-refractivity contribution < 1.29 is 9.53 Å². The molecule has 2 unspecified atom stereocenters. The molecule has 2 rings (SSSR count). The molecular formula is C11H20N2O2. The van der Waals surface area contributed by atoms with E-state index in [0.717, 1.165) is 39.0 Å². The minimum atomic E-state index is -0.0465. The molecule has 2 amide bonds. The molecule has 0 aliphatic carbocycles. The maximum atomic E-state index is 11.8. The summed E-state index contributed by atoms with van der Waals surface area (Å²) in [6, 6.07) is 0.0495. The number of carbonyl (C=O) groups is 1. The van der Waals surface area contributed by atoms with Crippen LogP contribution in [0.15, 0.2) is 0 Å². The van der Waals surface area contributed by atoms with Gasteiger partial charge in [-0.1, -0.05) is 6.92 Å². The molecule has 0 aromatic heterocycles. The van der Waals surface area contributed by atoms with E-state index in [1.807, 2.05) is 4.90 Å². The summed E-state index contributed by atoms with van der Waals surface area (Å²) < 4.78 is 5.38. The highest BCUT2D eigenvalue weighted by Gasteiger charge is 2.24. The molecule has 0 spiro atoms. The van der Waals surface area contributed by atoms with Crippen LogP contribution in [-0.2, 0) is 4.74 Å². The average molecular weight is 212 g/mol. The summed E-state index contributed by atoms with van der Waals surface area (Å²) >= 11 is 0. The minimum Gasteiger partial charge on any atom is -0.358 e. The lowest BCUT2D eigenvalue weighted by molar-refractivity contribution is 0.0800. The minimum absolute atomic E-state index is 0.0465. The molecule has 15 heavy (non-hydrogen) atoms. The standard InChI is InChI=1S/C11H20N2O2/c1-9-4-2-6-13(8-9)11(14)12-10-5-3-7-15-10/h9-10H,2-8H2,1H3,(H,12,14). The number of nitrogens with one attached hydrogen (secondary N) is 1. The van der Waals surface area contributed by atoms with Gasteiger partial charge in [-0.05, 0) is 31.6 Å². The van der Waals surface area contributed by atoms with Crippen molar-refractivity contribution in [2.75, 3.05) is 19.7 Å². The van der Waals surface area contributed by atoms with Crippen LogP contribution in [-0.4, -0.2) is 36.9 Å². The second-order valence-corrected chi connectivity index (χ2v) is 4.64. The first-order valence-electron chi connectivity index (χ1n) is 5.93. The third-order valence-electron chi connectivity index (χ3n) is 3.16. The van der Waals surface area contributed by atoms with E-state index < -0.39 is 0 Å². The Morgan fingerprint density at radius 3 is 2.93 bits per heavy atom. The summed E-state index contributed by atoms with van der Waals surface area (Å²) in [5.74, 6) is 0.633. The van der Waals surface area contributed by atoms with Gasteiger partial charge in [0.1, 0.15) is 6.23 Å². The van der Waals surface area contributed by atoms with Crippen molar-refractivity contribution in [3.8, 4) is 0 Å². The van der Waals surface area contributed by atoms with Gasteiger partial charge in [-0.3, -0.25) is 0 Å². The van der Waals surface area contributed by atoms with Gasteiger partial charge in [-0.2, -0.15) is 0 Å². The van der Waals surface area contributed by atoms with Gasteiger partial charge >= 0.3 is 6.03 Å². The molecule has 2 saturated heterocycles. The summed E-state index contributed by atoms with van der Waals surface area (Å²) in [6.45, 7) is 4.76. The van der Waals surface area contributed by atoms with Gasteiger partial charge in [0.05, 0.1) is 0 Å². The van der Waals surface area contributed by atoms with Crippen LogP contribution in [0.1, 0.15) is 32.6 Å². The van der Waals surface area contributed by atoms with E-state index in [2.05, 4.69) is 12.2 Å². The molecule has 2 heterocycles. The monoisotopic (exact) mass is 212 g/mol. The number of hydrogen-bond donors (Lipinski definition) is 1. The Kier molecular flexibility index (Phi) is 3.46. The van der Waals surface area contributed by atoms with Crippen molar-refractivity contribution in [1.29, 1.82) is 0 Å². The zero-order chi connectivity index (χ0) is 10.7. The Morgan fingerprint density at radius 2 is 2.27 bits per heavy atom. The van der Waals surface area contributed by atoms with Crippen LogP contribution in [0, 0.1) is 5.92 Å². The number of ether oxygens (including phenoxy) is 1. The number of likely N-dealkylation sites (tertiary alicyclic amines) is 1. The Hall–Kier alpha value is -0.770. The number of nitrogens with zero attached hydrogens (tertiary/aromatic N) is 1. The van der Waals surface area contributed by atoms with E-state index in [9.17, 15) is 4.79 Å².